The van der Waals surface area contributed by atoms with E-state index in [-0.39, 0.29) is 5.75 Å². The van der Waals surface area contributed by atoms with E-state index in [1.54, 1.807) is 6.07 Å². The maximum absolute atomic E-state index is 10.7. The van der Waals surface area contributed by atoms with Crippen LogP contribution in [0.2, 0.25) is 0 Å². The highest BCUT2D eigenvalue weighted by Crippen LogP contribution is 2.33. The van der Waals surface area contributed by atoms with Gasteiger partial charge in [-0.3, -0.25) is 4.79 Å². The molecule has 82 valence electrons. The number of benzene rings is 1. The number of aliphatic carboxylic acids is 1. The molecule has 0 bridgehead atoms. The summed E-state index contributed by atoms with van der Waals surface area (Å²) in [6.07, 6.45) is 0. The predicted octanol–water partition coefficient (Wildman–Crippen LogP) is 2.00. The smallest absolute Gasteiger partial charge is 0.321 e. The molecule has 1 rings (SSSR count). The maximum atomic E-state index is 10.7. The van der Waals surface area contributed by atoms with Gasteiger partial charge in [-0.25, -0.2) is 0 Å². The van der Waals surface area contributed by atoms with Crippen molar-refractivity contribution < 1.29 is 15.0 Å². The molecule has 0 saturated carbocycles. The van der Waals surface area contributed by atoms with E-state index in [4.69, 9.17) is 10.8 Å². The third kappa shape index (κ3) is 2.93. The second-order valence-corrected chi connectivity index (χ2v) is 4.81. The second kappa shape index (κ2) is 4.96. The lowest BCUT2D eigenvalue weighted by Crippen LogP contribution is -2.34. The highest BCUT2D eigenvalue weighted by molar-refractivity contribution is 9.11. The van der Waals surface area contributed by atoms with Crippen LogP contribution in [0.15, 0.2) is 22.7 Å². The van der Waals surface area contributed by atoms with Crippen LogP contribution in [0, 0.1) is 0 Å². The summed E-state index contributed by atoms with van der Waals surface area (Å²) in [7, 11) is 0. The van der Waals surface area contributed by atoms with Crippen molar-refractivity contribution in [1.82, 2.24) is 0 Å². The molecule has 0 aliphatic rings. The van der Waals surface area contributed by atoms with E-state index in [9.17, 15) is 9.90 Å². The minimum atomic E-state index is -1.09. The van der Waals surface area contributed by atoms with E-state index in [0.29, 0.717) is 10.0 Å². The van der Waals surface area contributed by atoms with Crippen molar-refractivity contribution in [1.29, 1.82) is 0 Å². The molecule has 0 aliphatic heterocycles. The fraction of sp³-hybridized carbons (Fsp3) is 0.222. The molecule has 0 aliphatic carbocycles. The van der Waals surface area contributed by atoms with Gasteiger partial charge in [0.15, 0.2) is 0 Å². The molecule has 0 spiro atoms. The van der Waals surface area contributed by atoms with E-state index in [0.717, 1.165) is 0 Å². The lowest BCUT2D eigenvalue weighted by molar-refractivity contribution is -0.138. The van der Waals surface area contributed by atoms with Crippen LogP contribution in [0.5, 0.6) is 5.75 Å². The number of phenolic OH excluding ortho intramolecular Hbond substituents is 1. The van der Waals surface area contributed by atoms with Gasteiger partial charge in [-0.2, -0.15) is 0 Å². The van der Waals surface area contributed by atoms with Crippen LogP contribution in [-0.2, 0) is 4.79 Å². The number of aromatic hydroxyl groups is 1. The molecule has 1 aromatic rings. The Morgan fingerprint density at radius 3 is 2.53 bits per heavy atom. The fourth-order valence-corrected chi connectivity index (χ4v) is 2.60. The number of carboxylic acids is 1. The van der Waals surface area contributed by atoms with Gasteiger partial charge >= 0.3 is 5.97 Å². The first-order valence-corrected chi connectivity index (χ1v) is 5.75. The summed E-state index contributed by atoms with van der Waals surface area (Å²) in [6.45, 7) is 0. The van der Waals surface area contributed by atoms with Crippen molar-refractivity contribution in [3.05, 3.63) is 28.2 Å². The van der Waals surface area contributed by atoms with Crippen LogP contribution in [0.25, 0.3) is 0 Å². The number of halogens is 2. The minimum absolute atomic E-state index is 0.106. The Bertz CT molecular complexity index is 384. The van der Waals surface area contributed by atoms with Crippen molar-refractivity contribution in [3.8, 4) is 5.75 Å². The Morgan fingerprint density at radius 2 is 2.07 bits per heavy atom. The van der Waals surface area contributed by atoms with E-state index in [2.05, 4.69) is 31.9 Å². The number of hydrogen-bond donors (Lipinski definition) is 3. The molecular formula is C9H9Br2NO3. The highest BCUT2D eigenvalue weighted by Gasteiger charge is 2.24. The summed E-state index contributed by atoms with van der Waals surface area (Å²) < 4.78 is 0.612. The molecule has 0 aromatic heterocycles. The van der Waals surface area contributed by atoms with Crippen molar-refractivity contribution in [2.24, 2.45) is 5.73 Å². The Hall–Kier alpha value is -0.590. The SMILES string of the molecule is N[C@@H](C(=O)O)C(Br)c1ccc(O)cc1Br. The van der Waals surface area contributed by atoms with Crippen molar-refractivity contribution >= 4 is 37.8 Å². The summed E-state index contributed by atoms with van der Waals surface area (Å²) in [5.74, 6) is -0.980. The lowest BCUT2D eigenvalue weighted by atomic mass is 10.1. The van der Waals surface area contributed by atoms with E-state index in [1.165, 1.54) is 12.1 Å². The topological polar surface area (TPSA) is 83.6 Å². The Balaban J connectivity index is 3.01. The van der Waals surface area contributed by atoms with Crippen LogP contribution >= 0.6 is 31.9 Å². The molecule has 0 saturated heterocycles. The first-order chi connectivity index (χ1) is 6.93. The van der Waals surface area contributed by atoms with Crippen LogP contribution < -0.4 is 5.73 Å². The largest absolute Gasteiger partial charge is 0.508 e. The third-order valence-corrected chi connectivity index (χ3v) is 3.63. The first kappa shape index (κ1) is 12.5. The fourth-order valence-electron chi connectivity index (χ4n) is 1.06. The van der Waals surface area contributed by atoms with Crippen molar-refractivity contribution in [2.75, 3.05) is 0 Å². The molecule has 0 radical (unpaired) electrons. The number of phenols is 1. The van der Waals surface area contributed by atoms with E-state index < -0.39 is 16.8 Å². The summed E-state index contributed by atoms with van der Waals surface area (Å²) in [5.41, 5.74) is 6.15. The number of carboxylic acid groups (broad SMARTS) is 1. The van der Waals surface area contributed by atoms with Gasteiger partial charge in [0.1, 0.15) is 11.8 Å². The summed E-state index contributed by atoms with van der Waals surface area (Å²) in [4.78, 5) is 10.2. The number of alkyl halides is 1. The number of hydrogen-bond acceptors (Lipinski definition) is 3. The Labute approximate surface area is 103 Å². The van der Waals surface area contributed by atoms with E-state index in [1.807, 2.05) is 0 Å². The average Bonchev–Trinajstić information content (AvgIpc) is 2.15. The van der Waals surface area contributed by atoms with Gasteiger partial charge in [0, 0.05) is 4.47 Å². The van der Waals surface area contributed by atoms with E-state index >= 15 is 0 Å². The van der Waals surface area contributed by atoms with Crippen molar-refractivity contribution in [3.63, 3.8) is 0 Å². The quantitative estimate of drug-likeness (QED) is 0.736. The molecule has 2 atom stereocenters. The van der Waals surface area contributed by atoms with Gasteiger partial charge in [0.25, 0.3) is 0 Å². The Kier molecular flexibility index (Phi) is 4.12. The van der Waals surface area contributed by atoms with Crippen molar-refractivity contribution in [2.45, 2.75) is 10.9 Å². The first-order valence-electron chi connectivity index (χ1n) is 4.04. The third-order valence-electron chi connectivity index (χ3n) is 1.88. The van der Waals surface area contributed by atoms with Crippen LogP contribution in [0.3, 0.4) is 0 Å². The summed E-state index contributed by atoms with van der Waals surface area (Å²) in [5, 5.41) is 17.9. The molecule has 0 fully saturated rings. The zero-order valence-electron chi connectivity index (χ0n) is 7.52. The highest BCUT2D eigenvalue weighted by atomic mass is 79.9. The average molecular weight is 339 g/mol. The maximum Gasteiger partial charge on any atom is 0.321 e. The predicted molar refractivity (Wildman–Crippen MR) is 63.1 cm³/mol. The number of carbonyl (C=O) groups is 1. The lowest BCUT2D eigenvalue weighted by Gasteiger charge is -2.16. The zero-order valence-corrected chi connectivity index (χ0v) is 10.7. The van der Waals surface area contributed by atoms with Crippen LogP contribution in [-0.4, -0.2) is 22.2 Å². The molecule has 0 amide bonds. The molecule has 1 unspecified atom stereocenters. The standard InChI is InChI=1S/C9H9Br2NO3/c10-6-3-4(13)1-2-5(6)7(11)8(12)9(14)15/h1-3,7-8,13H,12H2,(H,14,15)/t7?,8-/m1/s1. The Morgan fingerprint density at radius 1 is 1.47 bits per heavy atom. The molecule has 0 heterocycles. The molecular weight excluding hydrogens is 330 g/mol. The zero-order chi connectivity index (χ0) is 11.6. The molecule has 1 aromatic carbocycles. The monoisotopic (exact) mass is 337 g/mol. The molecule has 4 nitrogen and oxygen atoms in total. The minimum Gasteiger partial charge on any atom is -0.508 e. The van der Waals surface area contributed by atoms with Gasteiger partial charge in [-0.05, 0) is 17.7 Å². The summed E-state index contributed by atoms with van der Waals surface area (Å²) >= 11 is 6.44. The molecule has 6 heteroatoms. The molecule has 15 heavy (non-hydrogen) atoms. The summed E-state index contributed by atoms with van der Waals surface area (Å²) in [6, 6.07) is 3.54. The number of rotatable bonds is 3. The second-order valence-electron chi connectivity index (χ2n) is 2.97. The van der Waals surface area contributed by atoms with Gasteiger partial charge < -0.3 is 15.9 Å². The normalized spacial score (nSPS) is 14.6. The van der Waals surface area contributed by atoms with Gasteiger partial charge in [0.2, 0.25) is 0 Å². The van der Waals surface area contributed by atoms with Crippen LogP contribution in [0.1, 0.15) is 10.4 Å². The number of nitrogens with two attached hydrogens (primary N) is 1. The van der Waals surface area contributed by atoms with Gasteiger partial charge in [-0.15, -0.1) is 0 Å². The van der Waals surface area contributed by atoms with Gasteiger partial charge in [-0.1, -0.05) is 37.9 Å². The van der Waals surface area contributed by atoms with Gasteiger partial charge in [0.05, 0.1) is 4.83 Å². The molecule has 4 N–H and O–H groups in total. The van der Waals surface area contributed by atoms with Crippen LogP contribution in [0.4, 0.5) is 0 Å².